The van der Waals surface area contributed by atoms with Crippen LogP contribution in [-0.2, 0) is 21.5 Å². The number of fused-ring (bicyclic) bond motifs is 2. The molecule has 1 atom stereocenters. The lowest BCUT2D eigenvalue weighted by atomic mass is 9.92. The number of carbonyl (C=O) groups excluding carboxylic acids is 3. The molecule has 1 aliphatic heterocycles. The molecule has 2 aromatic carbocycles. The average Bonchev–Trinajstić information content (AvgIpc) is 3.13. The molecule has 0 bridgehead atoms. The number of halogens is 2. The van der Waals surface area contributed by atoms with E-state index < -0.39 is 29.9 Å². The van der Waals surface area contributed by atoms with Gasteiger partial charge in [0.2, 0.25) is 5.91 Å². The average molecular weight is 404 g/mol. The van der Waals surface area contributed by atoms with Gasteiger partial charge >= 0.3 is 6.03 Å². The van der Waals surface area contributed by atoms with Gasteiger partial charge in [0.1, 0.15) is 12.1 Å². The van der Waals surface area contributed by atoms with Crippen molar-refractivity contribution in [2.75, 3.05) is 11.9 Å². The lowest BCUT2D eigenvalue weighted by molar-refractivity contribution is -0.134. The van der Waals surface area contributed by atoms with Crippen molar-refractivity contribution in [2.45, 2.75) is 18.4 Å². The molecule has 27 heavy (non-hydrogen) atoms. The molecule has 2 N–H and O–H groups in total. The minimum atomic E-state index is -1.08. The number of hydrogen-bond donors (Lipinski definition) is 2. The van der Waals surface area contributed by atoms with Crippen molar-refractivity contribution in [3.05, 3.63) is 63.6 Å². The van der Waals surface area contributed by atoms with Crippen LogP contribution in [-0.4, -0.2) is 29.3 Å². The van der Waals surface area contributed by atoms with Gasteiger partial charge in [-0.25, -0.2) is 4.79 Å². The Morgan fingerprint density at radius 3 is 2.74 bits per heavy atom. The van der Waals surface area contributed by atoms with Crippen molar-refractivity contribution in [1.29, 1.82) is 0 Å². The van der Waals surface area contributed by atoms with E-state index in [1.165, 1.54) is 0 Å². The SMILES string of the molecule is O=C(CN1C(=O)N[C@@]2(CCc3ccccc32)C1=O)Nc1cccc(Cl)c1Cl. The van der Waals surface area contributed by atoms with Crippen LogP contribution in [0.5, 0.6) is 0 Å². The second kappa shape index (κ2) is 6.55. The fraction of sp³-hybridized carbons (Fsp3) is 0.211. The van der Waals surface area contributed by atoms with Crippen LogP contribution in [0, 0.1) is 0 Å². The monoisotopic (exact) mass is 403 g/mol. The Hall–Kier alpha value is -2.57. The summed E-state index contributed by atoms with van der Waals surface area (Å²) in [6.07, 6.45) is 1.18. The highest BCUT2D eigenvalue weighted by atomic mass is 35.5. The molecule has 6 nitrogen and oxygen atoms in total. The van der Waals surface area contributed by atoms with Gasteiger partial charge in [0.25, 0.3) is 5.91 Å². The van der Waals surface area contributed by atoms with Gasteiger partial charge in [-0.3, -0.25) is 14.5 Å². The molecule has 0 aromatic heterocycles. The number of rotatable bonds is 3. The number of aryl methyl sites for hydroxylation is 1. The Bertz CT molecular complexity index is 978. The minimum Gasteiger partial charge on any atom is -0.323 e. The summed E-state index contributed by atoms with van der Waals surface area (Å²) in [5, 5.41) is 5.87. The van der Waals surface area contributed by atoms with Gasteiger partial charge in [0.15, 0.2) is 0 Å². The molecule has 0 radical (unpaired) electrons. The molecule has 0 saturated carbocycles. The number of benzene rings is 2. The van der Waals surface area contributed by atoms with Gasteiger partial charge in [-0.2, -0.15) is 0 Å². The maximum atomic E-state index is 13.0. The molecule has 8 heteroatoms. The lowest BCUT2D eigenvalue weighted by Crippen LogP contribution is -2.43. The van der Waals surface area contributed by atoms with Crippen LogP contribution >= 0.6 is 23.2 Å². The van der Waals surface area contributed by atoms with Crippen LogP contribution in [0.15, 0.2) is 42.5 Å². The van der Waals surface area contributed by atoms with Crippen molar-refractivity contribution in [2.24, 2.45) is 0 Å². The van der Waals surface area contributed by atoms with E-state index in [1.54, 1.807) is 18.2 Å². The van der Waals surface area contributed by atoms with E-state index in [2.05, 4.69) is 10.6 Å². The molecular weight excluding hydrogens is 389 g/mol. The van der Waals surface area contributed by atoms with E-state index in [0.29, 0.717) is 23.6 Å². The molecular formula is C19H15Cl2N3O3. The quantitative estimate of drug-likeness (QED) is 0.771. The molecule has 1 saturated heterocycles. The van der Waals surface area contributed by atoms with Gasteiger partial charge in [-0.05, 0) is 36.1 Å². The number of imide groups is 1. The lowest BCUT2D eigenvalue weighted by Gasteiger charge is -2.22. The number of anilines is 1. The molecule has 138 valence electrons. The Balaban J connectivity index is 1.54. The summed E-state index contributed by atoms with van der Waals surface area (Å²) in [7, 11) is 0. The van der Waals surface area contributed by atoms with Crippen LogP contribution in [0.3, 0.4) is 0 Å². The number of carbonyl (C=O) groups is 3. The van der Waals surface area contributed by atoms with E-state index in [4.69, 9.17) is 23.2 Å². The first kappa shape index (κ1) is 17.8. The van der Waals surface area contributed by atoms with Crippen molar-refractivity contribution in [3.63, 3.8) is 0 Å². The van der Waals surface area contributed by atoms with Crippen molar-refractivity contribution >= 4 is 46.7 Å². The summed E-state index contributed by atoms with van der Waals surface area (Å²) < 4.78 is 0. The van der Waals surface area contributed by atoms with E-state index in [9.17, 15) is 14.4 Å². The topological polar surface area (TPSA) is 78.5 Å². The Morgan fingerprint density at radius 1 is 1.15 bits per heavy atom. The number of hydrogen-bond acceptors (Lipinski definition) is 3. The Kier molecular flexibility index (Phi) is 4.32. The Morgan fingerprint density at radius 2 is 1.93 bits per heavy atom. The first-order valence-corrected chi connectivity index (χ1v) is 9.14. The summed E-state index contributed by atoms with van der Waals surface area (Å²) in [4.78, 5) is 38.8. The third kappa shape index (κ3) is 2.85. The molecule has 1 spiro atoms. The molecule has 4 rings (SSSR count). The Labute approximate surface area is 165 Å². The van der Waals surface area contributed by atoms with Crippen LogP contribution < -0.4 is 10.6 Å². The highest BCUT2D eigenvalue weighted by Crippen LogP contribution is 2.41. The first-order chi connectivity index (χ1) is 12.9. The van der Waals surface area contributed by atoms with E-state index in [0.717, 1.165) is 16.0 Å². The summed E-state index contributed by atoms with van der Waals surface area (Å²) in [6.45, 7) is -0.405. The molecule has 2 aromatic rings. The van der Waals surface area contributed by atoms with Crippen LogP contribution in [0.2, 0.25) is 10.0 Å². The predicted molar refractivity (Wildman–Crippen MR) is 102 cm³/mol. The summed E-state index contributed by atoms with van der Waals surface area (Å²) in [5.74, 6) is -0.948. The maximum absolute atomic E-state index is 13.0. The van der Waals surface area contributed by atoms with Crippen LogP contribution in [0.25, 0.3) is 0 Å². The maximum Gasteiger partial charge on any atom is 0.325 e. The molecule has 4 amide bonds. The molecule has 1 fully saturated rings. The van der Waals surface area contributed by atoms with E-state index in [1.807, 2.05) is 24.3 Å². The molecule has 2 aliphatic rings. The standard InChI is InChI=1S/C19H15Cl2N3O3/c20-13-6-3-7-14(16(13)21)22-15(25)10-24-17(26)19(23-18(24)27)9-8-11-4-1-2-5-12(11)19/h1-7H,8-10H2,(H,22,25)(H,23,27)/t19-/m1/s1. The fourth-order valence-corrected chi connectivity index (χ4v) is 4.01. The zero-order chi connectivity index (χ0) is 19.2. The molecule has 1 heterocycles. The number of nitrogens with zero attached hydrogens (tertiary/aromatic N) is 1. The molecule has 0 unspecified atom stereocenters. The van der Waals surface area contributed by atoms with Crippen LogP contribution in [0.1, 0.15) is 17.5 Å². The largest absolute Gasteiger partial charge is 0.325 e. The van der Waals surface area contributed by atoms with E-state index in [-0.39, 0.29) is 5.02 Å². The van der Waals surface area contributed by atoms with Crippen molar-refractivity contribution in [3.8, 4) is 0 Å². The summed E-state index contributed by atoms with van der Waals surface area (Å²) >= 11 is 12.0. The third-order valence-electron chi connectivity index (χ3n) is 4.95. The first-order valence-electron chi connectivity index (χ1n) is 8.39. The normalized spacial score (nSPS) is 20.7. The van der Waals surface area contributed by atoms with Gasteiger partial charge in [0.05, 0.1) is 15.7 Å². The van der Waals surface area contributed by atoms with Gasteiger partial charge in [-0.1, -0.05) is 53.5 Å². The zero-order valence-electron chi connectivity index (χ0n) is 14.1. The second-order valence-corrected chi connectivity index (χ2v) is 7.32. The predicted octanol–water partition coefficient (Wildman–Crippen LogP) is 3.33. The van der Waals surface area contributed by atoms with Crippen LogP contribution in [0.4, 0.5) is 10.5 Å². The third-order valence-corrected chi connectivity index (χ3v) is 5.77. The fourth-order valence-electron chi connectivity index (χ4n) is 3.67. The highest BCUT2D eigenvalue weighted by molar-refractivity contribution is 6.44. The zero-order valence-corrected chi connectivity index (χ0v) is 15.6. The minimum absolute atomic E-state index is 0.200. The van der Waals surface area contributed by atoms with Gasteiger partial charge in [-0.15, -0.1) is 0 Å². The van der Waals surface area contributed by atoms with Crippen molar-refractivity contribution < 1.29 is 14.4 Å². The highest BCUT2D eigenvalue weighted by Gasteiger charge is 2.55. The number of urea groups is 1. The summed E-state index contributed by atoms with van der Waals surface area (Å²) in [6, 6.07) is 11.8. The van der Waals surface area contributed by atoms with Crippen molar-refractivity contribution in [1.82, 2.24) is 10.2 Å². The second-order valence-electron chi connectivity index (χ2n) is 6.53. The van der Waals surface area contributed by atoms with Gasteiger partial charge in [0, 0.05) is 0 Å². The molecule has 1 aliphatic carbocycles. The number of nitrogens with one attached hydrogen (secondary N) is 2. The smallest absolute Gasteiger partial charge is 0.323 e. The number of amides is 4. The van der Waals surface area contributed by atoms with E-state index >= 15 is 0 Å². The summed E-state index contributed by atoms with van der Waals surface area (Å²) in [5.41, 5.74) is 1.07. The van der Waals surface area contributed by atoms with Gasteiger partial charge < -0.3 is 10.6 Å².